The molecule has 0 aliphatic heterocycles. The monoisotopic (exact) mass is 349 g/mol. The van der Waals surface area contributed by atoms with E-state index in [9.17, 15) is 4.79 Å². The molecule has 0 fully saturated rings. The highest BCUT2D eigenvalue weighted by atomic mass is 32.2. The van der Waals surface area contributed by atoms with Crippen molar-refractivity contribution in [1.29, 1.82) is 0 Å². The molecule has 0 radical (unpaired) electrons. The zero-order valence-corrected chi connectivity index (χ0v) is 14.2. The van der Waals surface area contributed by atoms with Crippen molar-refractivity contribution in [1.82, 2.24) is 15.0 Å². The number of ether oxygens (including phenoxy) is 2. The van der Waals surface area contributed by atoms with Gasteiger partial charge in [0.25, 0.3) is 0 Å². The lowest BCUT2D eigenvalue weighted by Gasteiger charge is -2.08. The Hall–Kier alpha value is -0.670. The number of rotatable bonds is 12. The van der Waals surface area contributed by atoms with Crippen molar-refractivity contribution in [2.24, 2.45) is 0 Å². The predicted molar refractivity (Wildman–Crippen MR) is 89.2 cm³/mol. The van der Waals surface area contributed by atoms with Gasteiger partial charge in [0.2, 0.25) is 0 Å². The van der Waals surface area contributed by atoms with E-state index in [2.05, 4.69) is 40.2 Å². The van der Waals surface area contributed by atoms with E-state index in [0.29, 0.717) is 30.5 Å². The molecule has 1 rings (SSSR count). The van der Waals surface area contributed by atoms with Crippen molar-refractivity contribution in [2.45, 2.75) is 24.4 Å². The van der Waals surface area contributed by atoms with Gasteiger partial charge in [-0.15, -0.1) is 4.98 Å². The predicted octanol–water partition coefficient (Wildman–Crippen LogP) is 1.95. The van der Waals surface area contributed by atoms with Crippen molar-refractivity contribution in [2.75, 3.05) is 30.5 Å². The first kappa shape index (κ1) is 18.4. The van der Waals surface area contributed by atoms with E-state index < -0.39 is 0 Å². The quantitative estimate of drug-likeness (QED) is 0.258. The van der Waals surface area contributed by atoms with Gasteiger partial charge in [-0.2, -0.15) is 35.2 Å². The number of thiol groups is 2. The maximum atomic E-state index is 10.3. The van der Waals surface area contributed by atoms with Gasteiger partial charge >= 0.3 is 12.0 Å². The van der Waals surface area contributed by atoms with Crippen LogP contribution >= 0.6 is 37.0 Å². The summed E-state index contributed by atoms with van der Waals surface area (Å²) in [7, 11) is 0. The zero-order chi connectivity index (χ0) is 15.3. The summed E-state index contributed by atoms with van der Waals surface area (Å²) < 4.78 is 10.9. The summed E-state index contributed by atoms with van der Waals surface area (Å²) in [5.74, 6) is 2.08. The van der Waals surface area contributed by atoms with E-state index in [1.807, 2.05) is 0 Å². The van der Waals surface area contributed by atoms with Crippen LogP contribution in [-0.2, 0) is 4.79 Å². The lowest BCUT2D eigenvalue weighted by molar-refractivity contribution is -0.107. The van der Waals surface area contributed by atoms with Crippen LogP contribution in [0.15, 0.2) is 5.16 Å². The third-order valence-electron chi connectivity index (χ3n) is 2.11. The van der Waals surface area contributed by atoms with E-state index in [0.717, 1.165) is 30.6 Å². The first-order valence-electron chi connectivity index (χ1n) is 6.60. The van der Waals surface area contributed by atoms with E-state index in [1.165, 1.54) is 11.8 Å². The highest BCUT2D eigenvalue weighted by Crippen LogP contribution is 2.19. The van der Waals surface area contributed by atoms with E-state index in [-0.39, 0.29) is 12.0 Å². The lowest BCUT2D eigenvalue weighted by atomic mass is 10.5. The molecule has 118 valence electrons. The Morgan fingerprint density at radius 3 is 2.05 bits per heavy atom. The number of thioether (sulfide) groups is 1. The smallest absolute Gasteiger partial charge is 0.323 e. The average molecular weight is 350 g/mol. The van der Waals surface area contributed by atoms with Gasteiger partial charge < -0.3 is 14.3 Å². The number of hydrogen-bond donors (Lipinski definition) is 2. The highest BCUT2D eigenvalue weighted by molar-refractivity contribution is 7.99. The molecular formula is C12H19N3O3S3. The first-order valence-corrected chi connectivity index (χ1v) is 8.85. The fourth-order valence-corrected chi connectivity index (χ4v) is 2.11. The molecular weight excluding hydrogens is 330 g/mol. The Kier molecular flexibility index (Phi) is 10.4. The summed E-state index contributed by atoms with van der Waals surface area (Å²) in [6.07, 6.45) is 2.92. The van der Waals surface area contributed by atoms with Crippen molar-refractivity contribution >= 4 is 43.3 Å². The van der Waals surface area contributed by atoms with Gasteiger partial charge in [0.05, 0.1) is 13.2 Å². The van der Waals surface area contributed by atoms with Crippen LogP contribution in [-0.4, -0.2) is 51.7 Å². The summed E-state index contributed by atoms with van der Waals surface area (Å²) in [4.78, 5) is 22.8. The Morgan fingerprint density at radius 2 is 1.57 bits per heavy atom. The maximum Gasteiger partial charge on any atom is 0.323 e. The van der Waals surface area contributed by atoms with Crippen LogP contribution in [0.3, 0.4) is 0 Å². The van der Waals surface area contributed by atoms with Crippen LogP contribution in [0.2, 0.25) is 0 Å². The molecule has 1 heterocycles. The molecule has 0 aromatic carbocycles. The summed E-state index contributed by atoms with van der Waals surface area (Å²) >= 11 is 9.61. The molecule has 0 N–H and O–H groups in total. The first-order chi connectivity index (χ1) is 10.3. The molecule has 0 saturated carbocycles. The van der Waals surface area contributed by atoms with Gasteiger partial charge in [0, 0.05) is 12.2 Å². The minimum atomic E-state index is 0.237. The topological polar surface area (TPSA) is 74.2 Å². The van der Waals surface area contributed by atoms with E-state index >= 15 is 0 Å². The SMILES string of the molecule is O=CCCSc1nc(OCCCS)nc(OCCCS)n1. The van der Waals surface area contributed by atoms with Gasteiger partial charge in [-0.3, -0.25) is 0 Å². The molecule has 6 nitrogen and oxygen atoms in total. The number of nitrogens with zero attached hydrogens (tertiary/aromatic N) is 3. The Labute approximate surface area is 139 Å². The third kappa shape index (κ3) is 8.37. The largest absolute Gasteiger partial charge is 0.463 e. The lowest BCUT2D eigenvalue weighted by Crippen LogP contribution is -2.08. The molecule has 0 unspecified atom stereocenters. The molecule has 0 amide bonds. The fraction of sp³-hybridized carbons (Fsp3) is 0.667. The molecule has 0 aliphatic carbocycles. The number of carbonyl (C=O) groups excluding carboxylic acids is 1. The molecule has 9 heteroatoms. The minimum Gasteiger partial charge on any atom is -0.463 e. The van der Waals surface area contributed by atoms with Crippen LogP contribution in [0.1, 0.15) is 19.3 Å². The Morgan fingerprint density at radius 1 is 1.00 bits per heavy atom. The molecule has 0 saturated heterocycles. The maximum absolute atomic E-state index is 10.3. The van der Waals surface area contributed by atoms with Crippen LogP contribution in [0.25, 0.3) is 0 Å². The highest BCUT2D eigenvalue weighted by Gasteiger charge is 2.09. The number of aromatic nitrogens is 3. The average Bonchev–Trinajstić information content (AvgIpc) is 2.48. The molecule has 0 aliphatic rings. The van der Waals surface area contributed by atoms with Crippen molar-refractivity contribution in [3.8, 4) is 12.0 Å². The summed E-state index contributed by atoms with van der Waals surface area (Å²) in [5.41, 5.74) is 0. The van der Waals surface area contributed by atoms with Gasteiger partial charge in [-0.1, -0.05) is 11.8 Å². The number of aldehydes is 1. The van der Waals surface area contributed by atoms with Crippen LogP contribution in [0, 0.1) is 0 Å². The van der Waals surface area contributed by atoms with Crippen molar-refractivity contribution < 1.29 is 14.3 Å². The minimum absolute atomic E-state index is 0.237. The molecule has 0 atom stereocenters. The van der Waals surface area contributed by atoms with Gasteiger partial charge in [0.15, 0.2) is 5.16 Å². The van der Waals surface area contributed by atoms with Crippen LogP contribution in [0.5, 0.6) is 12.0 Å². The molecule has 21 heavy (non-hydrogen) atoms. The van der Waals surface area contributed by atoms with Gasteiger partial charge in [0.1, 0.15) is 6.29 Å². The molecule has 1 aromatic rings. The number of carbonyl (C=O) groups is 1. The second-order valence-electron chi connectivity index (χ2n) is 3.84. The summed E-state index contributed by atoms with van der Waals surface area (Å²) in [5, 5.41) is 0.494. The van der Waals surface area contributed by atoms with E-state index in [4.69, 9.17) is 9.47 Å². The van der Waals surface area contributed by atoms with Crippen molar-refractivity contribution in [3.63, 3.8) is 0 Å². The molecule has 0 bridgehead atoms. The van der Waals surface area contributed by atoms with Gasteiger partial charge in [-0.25, -0.2) is 0 Å². The normalized spacial score (nSPS) is 10.4. The summed E-state index contributed by atoms with van der Waals surface area (Å²) in [6.45, 7) is 0.976. The van der Waals surface area contributed by atoms with E-state index in [1.54, 1.807) is 0 Å². The second kappa shape index (κ2) is 11.9. The standard InChI is InChI=1S/C12H19N3O3S3/c16-4-1-9-21-12-14-10(17-5-2-7-19)13-11(15-12)18-6-3-8-20/h4,19-20H,1-3,5-9H2. The molecule has 0 spiro atoms. The fourth-order valence-electron chi connectivity index (χ4n) is 1.17. The zero-order valence-electron chi connectivity index (χ0n) is 11.6. The molecule has 1 aromatic heterocycles. The number of hydrogen-bond acceptors (Lipinski definition) is 9. The second-order valence-corrected chi connectivity index (χ2v) is 5.79. The van der Waals surface area contributed by atoms with Crippen LogP contribution in [0.4, 0.5) is 0 Å². The Balaban J connectivity index is 2.67. The third-order valence-corrected chi connectivity index (χ3v) is 3.62. The van der Waals surface area contributed by atoms with Crippen LogP contribution < -0.4 is 9.47 Å². The van der Waals surface area contributed by atoms with Crippen molar-refractivity contribution in [3.05, 3.63) is 0 Å². The van der Waals surface area contributed by atoms with Gasteiger partial charge in [-0.05, 0) is 24.3 Å². The Bertz CT molecular complexity index is 396. The summed E-state index contributed by atoms with van der Waals surface area (Å²) in [6, 6.07) is 0.475.